The first-order chi connectivity index (χ1) is 16.4. The average Bonchev–Trinajstić information content (AvgIpc) is 2.83. The first-order valence-electron chi connectivity index (χ1n) is 11.5. The Kier molecular flexibility index (Phi) is 16.1. The fourth-order valence-electron chi connectivity index (χ4n) is 3.92. The molecule has 0 unspecified atom stereocenters. The summed E-state index contributed by atoms with van der Waals surface area (Å²) in [7, 11) is 8.29. The van der Waals surface area contributed by atoms with Crippen molar-refractivity contribution in [1.82, 2.24) is 19.9 Å². The van der Waals surface area contributed by atoms with Crippen LogP contribution in [0.1, 0.15) is 12.8 Å². The monoisotopic (exact) mass is 662 g/mol. The van der Waals surface area contributed by atoms with E-state index in [4.69, 9.17) is 4.98 Å². The minimum Gasteiger partial charge on any atom is -0.378 e. The Balaban J connectivity index is 0.00000342. The zero-order chi connectivity index (χ0) is 24.1. The van der Waals surface area contributed by atoms with Crippen molar-refractivity contribution in [2.24, 2.45) is 0 Å². The number of unbranched alkanes of at least 4 members (excludes halogenated alkanes) is 1. The van der Waals surface area contributed by atoms with Gasteiger partial charge in [-0.3, -0.25) is 0 Å². The van der Waals surface area contributed by atoms with Crippen LogP contribution in [0.15, 0.2) is 65.4 Å². The van der Waals surface area contributed by atoms with Gasteiger partial charge in [0.2, 0.25) is 0 Å². The van der Waals surface area contributed by atoms with Crippen LogP contribution < -0.4 is 10.2 Å². The molecule has 0 saturated carbocycles. The highest BCUT2D eigenvalue weighted by Crippen LogP contribution is 2.35. The number of pyridine rings is 1. The van der Waals surface area contributed by atoms with Crippen LogP contribution in [0, 0.1) is 0 Å². The number of rotatable bonds is 9. The topological polar surface area (TPSA) is 57.2 Å². The summed E-state index contributed by atoms with van der Waals surface area (Å²) in [6.07, 6.45) is 3.80. The summed E-state index contributed by atoms with van der Waals surface area (Å²) in [5.41, 5.74) is 5.95. The van der Waals surface area contributed by atoms with Crippen LogP contribution in [0.3, 0.4) is 0 Å². The SMILES string of the molecule is CN(C)CCCCNc1ncnc2nc(-c3ccc(N(C)C)cc3)cc(-c3cccc(Br)c3)c12.Cl.Cl.Cl.Cl. The molecular weight excluding hydrogens is 630 g/mol. The van der Waals surface area contributed by atoms with Gasteiger partial charge in [-0.15, -0.1) is 49.6 Å². The summed E-state index contributed by atoms with van der Waals surface area (Å²) < 4.78 is 1.03. The molecule has 208 valence electrons. The van der Waals surface area contributed by atoms with Crippen LogP contribution in [-0.4, -0.2) is 61.1 Å². The molecule has 0 fully saturated rings. The summed E-state index contributed by atoms with van der Waals surface area (Å²) >= 11 is 3.63. The Morgan fingerprint density at radius 2 is 1.53 bits per heavy atom. The predicted octanol–water partition coefficient (Wildman–Crippen LogP) is 7.63. The molecule has 2 aromatic heterocycles. The van der Waals surface area contributed by atoms with E-state index in [0.29, 0.717) is 5.65 Å². The van der Waals surface area contributed by atoms with Crippen molar-refractivity contribution in [3.63, 3.8) is 0 Å². The fourth-order valence-corrected chi connectivity index (χ4v) is 4.32. The summed E-state index contributed by atoms with van der Waals surface area (Å²) in [6.45, 7) is 1.93. The van der Waals surface area contributed by atoms with E-state index < -0.39 is 0 Å². The molecule has 0 amide bonds. The van der Waals surface area contributed by atoms with Crippen molar-refractivity contribution in [1.29, 1.82) is 0 Å². The zero-order valence-corrected chi connectivity index (χ0v) is 26.7. The third-order valence-corrected chi connectivity index (χ3v) is 6.24. The smallest absolute Gasteiger partial charge is 0.165 e. The lowest BCUT2D eigenvalue weighted by molar-refractivity contribution is 0.396. The number of benzene rings is 2. The second-order valence-electron chi connectivity index (χ2n) is 8.86. The van der Waals surface area contributed by atoms with Crippen molar-refractivity contribution in [3.8, 4) is 22.4 Å². The lowest BCUT2D eigenvalue weighted by atomic mass is 9.99. The number of hydrogen-bond donors (Lipinski definition) is 1. The molecule has 0 bridgehead atoms. The third kappa shape index (κ3) is 9.11. The van der Waals surface area contributed by atoms with Crippen LogP contribution in [0.4, 0.5) is 11.5 Å². The van der Waals surface area contributed by atoms with Gasteiger partial charge in [-0.1, -0.05) is 40.2 Å². The average molecular weight is 665 g/mol. The summed E-state index contributed by atoms with van der Waals surface area (Å²) in [4.78, 5) is 18.4. The second kappa shape index (κ2) is 17.0. The summed E-state index contributed by atoms with van der Waals surface area (Å²) in [5.74, 6) is 0.826. The molecular formula is C27H35BrCl4N6. The number of aromatic nitrogens is 3. The predicted molar refractivity (Wildman–Crippen MR) is 176 cm³/mol. The maximum Gasteiger partial charge on any atom is 0.165 e. The fraction of sp³-hybridized carbons (Fsp3) is 0.296. The van der Waals surface area contributed by atoms with E-state index in [1.807, 2.05) is 20.2 Å². The number of anilines is 2. The van der Waals surface area contributed by atoms with Crippen molar-refractivity contribution in [2.45, 2.75) is 12.8 Å². The first kappa shape index (κ1) is 36.1. The Labute approximate surface area is 258 Å². The highest BCUT2D eigenvalue weighted by Gasteiger charge is 2.15. The van der Waals surface area contributed by atoms with Gasteiger partial charge >= 0.3 is 0 Å². The number of fused-ring (bicyclic) bond motifs is 1. The molecule has 4 rings (SSSR count). The lowest BCUT2D eigenvalue weighted by Gasteiger charge is -2.15. The first-order valence-corrected chi connectivity index (χ1v) is 12.3. The molecule has 0 radical (unpaired) electrons. The Bertz CT molecular complexity index is 1270. The van der Waals surface area contributed by atoms with Gasteiger partial charge in [-0.25, -0.2) is 15.0 Å². The Morgan fingerprint density at radius 1 is 0.816 bits per heavy atom. The van der Waals surface area contributed by atoms with E-state index in [1.165, 1.54) is 0 Å². The van der Waals surface area contributed by atoms with Gasteiger partial charge in [-0.2, -0.15) is 0 Å². The molecule has 0 aliphatic rings. The van der Waals surface area contributed by atoms with Crippen molar-refractivity contribution < 1.29 is 0 Å². The molecule has 6 nitrogen and oxygen atoms in total. The van der Waals surface area contributed by atoms with Crippen molar-refractivity contribution in [3.05, 3.63) is 65.4 Å². The minimum atomic E-state index is 0. The quantitative estimate of drug-likeness (QED) is 0.186. The molecule has 2 aromatic carbocycles. The highest BCUT2D eigenvalue weighted by molar-refractivity contribution is 9.10. The molecule has 1 N–H and O–H groups in total. The molecule has 2 heterocycles. The maximum absolute atomic E-state index is 4.93. The molecule has 0 saturated heterocycles. The van der Waals surface area contributed by atoms with Gasteiger partial charge in [0.05, 0.1) is 11.1 Å². The molecule has 11 heteroatoms. The highest BCUT2D eigenvalue weighted by atomic mass is 79.9. The minimum absolute atomic E-state index is 0. The maximum atomic E-state index is 4.93. The third-order valence-electron chi connectivity index (χ3n) is 5.74. The molecule has 0 aliphatic carbocycles. The van der Waals surface area contributed by atoms with Gasteiger partial charge in [0.1, 0.15) is 12.1 Å². The van der Waals surface area contributed by atoms with Crippen LogP contribution >= 0.6 is 65.6 Å². The van der Waals surface area contributed by atoms with Crippen molar-refractivity contribution >= 4 is 88.1 Å². The Hall–Kier alpha value is -1.87. The van der Waals surface area contributed by atoms with E-state index in [2.05, 4.69) is 104 Å². The van der Waals surface area contributed by atoms with E-state index in [0.717, 1.165) is 69.7 Å². The Morgan fingerprint density at radius 3 is 2.16 bits per heavy atom. The largest absolute Gasteiger partial charge is 0.378 e. The second-order valence-corrected chi connectivity index (χ2v) is 9.78. The van der Waals surface area contributed by atoms with E-state index in [-0.39, 0.29) is 49.6 Å². The molecule has 0 aliphatic heterocycles. The standard InChI is InChI=1S/C27H31BrN6.4ClH/c1-33(2)15-6-5-14-29-26-25-23(20-8-7-9-21(28)16-20)17-24(32-27(25)31-18-30-26)19-10-12-22(13-11-19)34(3)4;;;;/h7-13,16-18H,5-6,14-15H2,1-4H3,(H,29,30,31,32);4*1H. The molecule has 4 aromatic rings. The number of hydrogen-bond acceptors (Lipinski definition) is 6. The normalized spacial score (nSPS) is 10.1. The van der Waals surface area contributed by atoms with Gasteiger partial charge in [0.25, 0.3) is 0 Å². The van der Waals surface area contributed by atoms with Gasteiger partial charge in [-0.05, 0) is 74.9 Å². The van der Waals surface area contributed by atoms with Crippen molar-refractivity contribution in [2.75, 3.05) is 51.5 Å². The van der Waals surface area contributed by atoms with Crippen LogP contribution in [-0.2, 0) is 0 Å². The van der Waals surface area contributed by atoms with E-state index in [1.54, 1.807) is 6.33 Å². The van der Waals surface area contributed by atoms with Crippen LogP contribution in [0.2, 0.25) is 0 Å². The number of halogens is 5. The van der Waals surface area contributed by atoms with E-state index >= 15 is 0 Å². The van der Waals surface area contributed by atoms with Gasteiger partial charge in [0.15, 0.2) is 5.65 Å². The molecule has 0 atom stereocenters. The molecule has 38 heavy (non-hydrogen) atoms. The van der Waals surface area contributed by atoms with Crippen LogP contribution in [0.25, 0.3) is 33.4 Å². The molecule has 0 spiro atoms. The van der Waals surface area contributed by atoms with E-state index in [9.17, 15) is 0 Å². The van der Waals surface area contributed by atoms with Gasteiger partial charge in [0, 0.05) is 36.4 Å². The van der Waals surface area contributed by atoms with Crippen LogP contribution in [0.5, 0.6) is 0 Å². The summed E-state index contributed by atoms with van der Waals surface area (Å²) in [6, 6.07) is 18.9. The summed E-state index contributed by atoms with van der Waals surface area (Å²) in [5, 5.41) is 4.48. The number of nitrogens with zero attached hydrogens (tertiary/aromatic N) is 5. The number of nitrogens with one attached hydrogen (secondary N) is 1. The van der Waals surface area contributed by atoms with Gasteiger partial charge < -0.3 is 15.1 Å². The zero-order valence-electron chi connectivity index (χ0n) is 21.8. The lowest BCUT2D eigenvalue weighted by Crippen LogP contribution is -2.14.